The summed E-state index contributed by atoms with van der Waals surface area (Å²) in [5.74, 6) is 0.666. The summed E-state index contributed by atoms with van der Waals surface area (Å²) in [4.78, 5) is 14.4. The van der Waals surface area contributed by atoms with Gasteiger partial charge in [-0.25, -0.2) is 0 Å². The summed E-state index contributed by atoms with van der Waals surface area (Å²) < 4.78 is 5.74. The summed E-state index contributed by atoms with van der Waals surface area (Å²) in [5, 5.41) is 16.4. The number of carbonyl (C=O) groups is 1. The Morgan fingerprint density at radius 3 is 2.17 bits per heavy atom. The molecule has 1 amide bonds. The molecule has 0 radical (unpaired) electrons. The molecule has 4 rings (SSSR count). The summed E-state index contributed by atoms with van der Waals surface area (Å²) in [5.41, 5.74) is 7.65. The number of nitrogens with one attached hydrogen (secondary N) is 1. The zero-order valence-corrected chi connectivity index (χ0v) is 16.9. The molecule has 1 saturated heterocycles. The molecule has 3 aromatic rings. The van der Waals surface area contributed by atoms with Crippen LogP contribution >= 0.6 is 24.0 Å². The van der Waals surface area contributed by atoms with E-state index in [1.807, 2.05) is 12.1 Å². The molecule has 0 bridgehead atoms. The van der Waals surface area contributed by atoms with Crippen LogP contribution in [0.3, 0.4) is 0 Å². The Balaban J connectivity index is 0.00000240. The van der Waals surface area contributed by atoms with E-state index in [1.54, 1.807) is 41.3 Å². The fourth-order valence-electron chi connectivity index (χ4n) is 3.30. The number of hydrogen-bond acceptors (Lipinski definition) is 5. The minimum absolute atomic E-state index is 0. The van der Waals surface area contributed by atoms with E-state index in [1.165, 1.54) is 0 Å². The van der Waals surface area contributed by atoms with Crippen molar-refractivity contribution in [3.8, 4) is 22.9 Å². The van der Waals surface area contributed by atoms with Crippen LogP contribution in [0.2, 0.25) is 5.02 Å². The molecule has 1 atom stereocenters. The maximum atomic E-state index is 12.7. The second-order valence-electron chi connectivity index (χ2n) is 6.61. The first-order valence-corrected chi connectivity index (χ1v) is 9.25. The molecule has 3 N–H and O–H groups in total. The summed E-state index contributed by atoms with van der Waals surface area (Å²) >= 11 is 5.90. The molecular weight excluding hydrogens is 413 g/mol. The number of likely N-dealkylation sites (tertiary alicyclic amines) is 1. The van der Waals surface area contributed by atoms with Gasteiger partial charge in [0.2, 0.25) is 11.8 Å². The maximum absolute atomic E-state index is 12.7. The van der Waals surface area contributed by atoms with Crippen molar-refractivity contribution >= 4 is 35.8 Å². The number of benzene rings is 2. The van der Waals surface area contributed by atoms with Crippen LogP contribution in [0.1, 0.15) is 23.2 Å². The van der Waals surface area contributed by atoms with Crippen molar-refractivity contribution in [2.24, 2.45) is 5.73 Å². The van der Waals surface area contributed by atoms with Crippen LogP contribution < -0.4 is 5.73 Å². The van der Waals surface area contributed by atoms with Gasteiger partial charge in [-0.2, -0.15) is 0 Å². The quantitative estimate of drug-likeness (QED) is 0.478. The van der Waals surface area contributed by atoms with E-state index < -0.39 is 0 Å². The van der Waals surface area contributed by atoms with Gasteiger partial charge in [0.15, 0.2) is 0 Å². The summed E-state index contributed by atoms with van der Waals surface area (Å²) in [6.07, 6.45) is 1.58. The third kappa shape index (κ3) is 4.26. The van der Waals surface area contributed by atoms with Gasteiger partial charge in [0.1, 0.15) is 5.84 Å². The largest absolute Gasteiger partial charge is 0.416 e. The molecular formula is C20H19Cl2N5O2. The number of amidine groups is 1. The summed E-state index contributed by atoms with van der Waals surface area (Å²) in [6, 6.07) is 13.8. The number of halogens is 2. The van der Waals surface area contributed by atoms with E-state index in [4.69, 9.17) is 27.2 Å². The molecule has 150 valence electrons. The van der Waals surface area contributed by atoms with Crippen molar-refractivity contribution in [1.29, 1.82) is 5.41 Å². The van der Waals surface area contributed by atoms with Gasteiger partial charge in [0.05, 0.1) is 6.04 Å². The Kier molecular flexibility index (Phi) is 6.20. The predicted molar refractivity (Wildman–Crippen MR) is 113 cm³/mol. The van der Waals surface area contributed by atoms with E-state index in [9.17, 15) is 4.79 Å². The Hall–Kier alpha value is -2.90. The van der Waals surface area contributed by atoms with Gasteiger partial charge < -0.3 is 15.1 Å². The summed E-state index contributed by atoms with van der Waals surface area (Å²) in [6.45, 7) is 0.610. The number of carbonyl (C=O) groups excluding carboxylic acids is 1. The number of amides is 1. The molecule has 0 aliphatic carbocycles. The topological polar surface area (TPSA) is 109 Å². The van der Waals surface area contributed by atoms with Crippen LogP contribution in [0, 0.1) is 5.41 Å². The molecule has 1 fully saturated rings. The van der Waals surface area contributed by atoms with Crippen LogP contribution in [0.5, 0.6) is 0 Å². The van der Waals surface area contributed by atoms with Crippen molar-refractivity contribution in [3.05, 3.63) is 59.1 Å². The Morgan fingerprint density at radius 1 is 1.07 bits per heavy atom. The highest BCUT2D eigenvalue weighted by atomic mass is 35.5. The standard InChI is InChI=1S/C20H18ClN5O2.ClH/c21-15-9-7-13(8-10-15)19-25-24-18(28-19)12-3-5-14(6-4-12)20(27)26-11-1-2-16(26)17(22)23;/h3-10,16H,1-2,11H2,(H3,22,23);1H/t16-;/m0./s1. The van der Waals surface area contributed by atoms with Crippen molar-refractivity contribution < 1.29 is 9.21 Å². The lowest BCUT2D eigenvalue weighted by atomic mass is 10.1. The number of aromatic nitrogens is 2. The van der Waals surface area contributed by atoms with Gasteiger partial charge in [-0.05, 0) is 61.4 Å². The summed E-state index contributed by atoms with van der Waals surface area (Å²) in [7, 11) is 0. The molecule has 1 aliphatic rings. The first-order chi connectivity index (χ1) is 13.5. The highest BCUT2D eigenvalue weighted by molar-refractivity contribution is 6.30. The highest BCUT2D eigenvalue weighted by Gasteiger charge is 2.31. The van der Waals surface area contributed by atoms with Gasteiger partial charge >= 0.3 is 0 Å². The first-order valence-electron chi connectivity index (χ1n) is 8.87. The molecule has 0 saturated carbocycles. The molecule has 9 heteroatoms. The Labute approximate surface area is 178 Å². The minimum Gasteiger partial charge on any atom is -0.416 e. The lowest BCUT2D eigenvalue weighted by Gasteiger charge is -2.23. The number of rotatable bonds is 4. The smallest absolute Gasteiger partial charge is 0.254 e. The lowest BCUT2D eigenvalue weighted by molar-refractivity contribution is 0.0769. The van der Waals surface area contributed by atoms with E-state index in [0.717, 1.165) is 18.4 Å². The molecule has 1 aromatic heterocycles. The van der Waals surface area contributed by atoms with Crippen LogP contribution in [0.25, 0.3) is 22.9 Å². The van der Waals surface area contributed by atoms with E-state index >= 15 is 0 Å². The van der Waals surface area contributed by atoms with E-state index in [2.05, 4.69) is 10.2 Å². The zero-order valence-electron chi connectivity index (χ0n) is 15.3. The predicted octanol–water partition coefficient (Wildman–Crippen LogP) is 4.02. The van der Waals surface area contributed by atoms with Gasteiger partial charge in [0.25, 0.3) is 5.91 Å². The van der Waals surface area contributed by atoms with Crippen molar-refractivity contribution in [3.63, 3.8) is 0 Å². The Morgan fingerprint density at radius 2 is 1.62 bits per heavy atom. The lowest BCUT2D eigenvalue weighted by Crippen LogP contribution is -2.43. The molecule has 0 unspecified atom stereocenters. The average molecular weight is 432 g/mol. The van der Waals surface area contributed by atoms with Gasteiger partial charge in [0, 0.05) is 28.3 Å². The van der Waals surface area contributed by atoms with Crippen molar-refractivity contribution in [1.82, 2.24) is 15.1 Å². The minimum atomic E-state index is -0.315. The van der Waals surface area contributed by atoms with Crippen LogP contribution in [-0.2, 0) is 0 Å². The maximum Gasteiger partial charge on any atom is 0.254 e. The monoisotopic (exact) mass is 431 g/mol. The van der Waals surface area contributed by atoms with Gasteiger partial charge in [-0.3, -0.25) is 10.2 Å². The third-order valence-electron chi connectivity index (χ3n) is 4.77. The highest BCUT2D eigenvalue weighted by Crippen LogP contribution is 2.26. The number of nitrogens with zero attached hydrogens (tertiary/aromatic N) is 3. The van der Waals surface area contributed by atoms with Gasteiger partial charge in [-0.1, -0.05) is 11.6 Å². The normalized spacial score (nSPS) is 15.8. The van der Waals surface area contributed by atoms with Crippen LogP contribution in [0.4, 0.5) is 0 Å². The van der Waals surface area contributed by atoms with Crippen LogP contribution in [0.15, 0.2) is 52.9 Å². The zero-order chi connectivity index (χ0) is 19.7. The van der Waals surface area contributed by atoms with Gasteiger partial charge in [-0.15, -0.1) is 22.6 Å². The first kappa shape index (κ1) is 20.8. The number of hydrogen-bond donors (Lipinski definition) is 2. The van der Waals surface area contributed by atoms with E-state index in [0.29, 0.717) is 34.5 Å². The van der Waals surface area contributed by atoms with E-state index in [-0.39, 0.29) is 30.2 Å². The van der Waals surface area contributed by atoms with Crippen molar-refractivity contribution in [2.45, 2.75) is 18.9 Å². The fourth-order valence-corrected chi connectivity index (χ4v) is 3.43. The SMILES string of the molecule is Cl.N=C(N)[C@@H]1CCCN1C(=O)c1ccc(-c2nnc(-c3ccc(Cl)cc3)o2)cc1. The second kappa shape index (κ2) is 8.63. The Bertz CT molecular complexity index is 1020. The molecule has 7 nitrogen and oxygen atoms in total. The average Bonchev–Trinajstić information content (AvgIpc) is 3.38. The molecule has 2 aromatic carbocycles. The second-order valence-corrected chi connectivity index (χ2v) is 7.04. The molecule has 1 aliphatic heterocycles. The number of nitrogens with two attached hydrogens (primary N) is 1. The fraction of sp³-hybridized carbons (Fsp3) is 0.200. The van der Waals surface area contributed by atoms with Crippen molar-refractivity contribution in [2.75, 3.05) is 6.54 Å². The van der Waals surface area contributed by atoms with Crippen LogP contribution in [-0.4, -0.2) is 39.4 Å². The molecule has 29 heavy (non-hydrogen) atoms. The third-order valence-corrected chi connectivity index (χ3v) is 5.02. The molecule has 0 spiro atoms. The molecule has 2 heterocycles.